The van der Waals surface area contributed by atoms with Crippen molar-refractivity contribution < 1.29 is 13.9 Å². The molecule has 0 aliphatic heterocycles. The first-order valence-corrected chi connectivity index (χ1v) is 3.38. The molecule has 1 heterocycles. The molecule has 0 N–H and O–H groups in total. The van der Waals surface area contributed by atoms with E-state index in [4.69, 9.17) is 9.15 Å². The molecule has 1 radical (unpaired) electrons. The normalized spacial score (nSPS) is 9.82. The van der Waals surface area contributed by atoms with Gasteiger partial charge in [0, 0.05) is 6.42 Å². The molecule has 3 heteroatoms. The van der Waals surface area contributed by atoms with Crippen LogP contribution in [0.4, 0.5) is 0 Å². The molecule has 0 spiro atoms. The van der Waals surface area contributed by atoms with Crippen LogP contribution in [0.15, 0.2) is 22.8 Å². The van der Waals surface area contributed by atoms with Crippen molar-refractivity contribution in [3.8, 4) is 0 Å². The topological polar surface area (TPSA) is 39.4 Å². The van der Waals surface area contributed by atoms with Gasteiger partial charge >= 0.3 is 0 Å². The van der Waals surface area contributed by atoms with Gasteiger partial charge in [0.25, 0.3) is 0 Å². The zero-order valence-electron chi connectivity index (χ0n) is 6.08. The van der Waals surface area contributed by atoms with Crippen molar-refractivity contribution >= 4 is 6.29 Å². The Bertz CT molecular complexity index is 191. The highest BCUT2D eigenvalue weighted by molar-refractivity contribution is 5.51. The summed E-state index contributed by atoms with van der Waals surface area (Å²) in [6.07, 6.45) is 3.96. The summed E-state index contributed by atoms with van der Waals surface area (Å²) in [6.45, 7) is 0.545. The van der Waals surface area contributed by atoms with Gasteiger partial charge in [-0.25, -0.2) is 0 Å². The molecule has 0 aromatic carbocycles. The Kier molecular flexibility index (Phi) is 3.41. The summed E-state index contributed by atoms with van der Waals surface area (Å²) in [5, 5.41) is 0. The Morgan fingerprint density at radius 2 is 2.55 bits per heavy atom. The van der Waals surface area contributed by atoms with Gasteiger partial charge in [-0.2, -0.15) is 0 Å². The lowest BCUT2D eigenvalue weighted by Crippen LogP contribution is -1.99. The van der Waals surface area contributed by atoms with E-state index >= 15 is 0 Å². The maximum absolute atomic E-state index is 9.69. The molecule has 0 amide bonds. The third-order valence-corrected chi connectivity index (χ3v) is 1.23. The summed E-state index contributed by atoms with van der Waals surface area (Å²) in [6, 6.07) is 3.69. The molecule has 0 aliphatic rings. The molecule has 0 fully saturated rings. The van der Waals surface area contributed by atoms with E-state index in [1.807, 2.05) is 12.1 Å². The quantitative estimate of drug-likeness (QED) is 0.591. The van der Waals surface area contributed by atoms with Gasteiger partial charge in [0.15, 0.2) is 0 Å². The Morgan fingerprint density at radius 1 is 1.64 bits per heavy atom. The van der Waals surface area contributed by atoms with Crippen molar-refractivity contribution in [2.45, 2.75) is 6.42 Å². The van der Waals surface area contributed by atoms with Gasteiger partial charge in [-0.3, -0.25) is 4.79 Å². The largest absolute Gasteiger partial charge is 0.469 e. The molecule has 1 aromatic heterocycles. The van der Waals surface area contributed by atoms with Gasteiger partial charge < -0.3 is 9.15 Å². The lowest BCUT2D eigenvalue weighted by atomic mass is 10.3. The Balaban J connectivity index is 2.09. The van der Waals surface area contributed by atoms with Crippen LogP contribution in [0.3, 0.4) is 0 Å². The Morgan fingerprint density at radius 3 is 3.18 bits per heavy atom. The molecular formula is C8H9O3. The summed E-state index contributed by atoms with van der Waals surface area (Å²) in [5.41, 5.74) is 0. The molecule has 11 heavy (non-hydrogen) atoms. The predicted octanol–water partition coefficient (Wildman–Crippen LogP) is 0.948. The molecule has 1 rings (SSSR count). The molecule has 0 unspecified atom stereocenters. The summed E-state index contributed by atoms with van der Waals surface area (Å²) in [4.78, 5) is 9.69. The molecule has 1 aromatic rings. The highest BCUT2D eigenvalue weighted by Crippen LogP contribution is 2.00. The fourth-order valence-corrected chi connectivity index (χ4v) is 0.741. The van der Waals surface area contributed by atoms with Crippen LogP contribution < -0.4 is 0 Å². The second kappa shape index (κ2) is 4.68. The molecule has 0 atom stereocenters. The number of hydrogen-bond donors (Lipinski definition) is 0. The van der Waals surface area contributed by atoms with E-state index in [1.54, 1.807) is 12.5 Å². The van der Waals surface area contributed by atoms with Gasteiger partial charge in [-0.1, -0.05) is 0 Å². The highest BCUT2D eigenvalue weighted by atomic mass is 16.5. The van der Waals surface area contributed by atoms with E-state index in [-0.39, 0.29) is 6.61 Å². The number of rotatable bonds is 5. The van der Waals surface area contributed by atoms with Crippen LogP contribution in [-0.4, -0.2) is 19.5 Å². The number of carbonyl (C=O) groups excluding carboxylic acids is 1. The Hall–Kier alpha value is -1.09. The summed E-state index contributed by atoms with van der Waals surface area (Å²) in [7, 11) is 0. The summed E-state index contributed by atoms with van der Waals surface area (Å²) in [5.74, 6) is 0.871. The fraction of sp³-hybridized carbons (Fsp3) is 0.375. The maximum atomic E-state index is 9.69. The van der Waals surface area contributed by atoms with Gasteiger partial charge in [0.05, 0.1) is 12.9 Å². The number of hydrogen-bond acceptors (Lipinski definition) is 3. The lowest BCUT2D eigenvalue weighted by Gasteiger charge is -1.95. The monoisotopic (exact) mass is 153 g/mol. The third kappa shape index (κ3) is 3.00. The second-order valence-corrected chi connectivity index (χ2v) is 2.03. The van der Waals surface area contributed by atoms with E-state index in [9.17, 15) is 4.79 Å². The van der Waals surface area contributed by atoms with Gasteiger partial charge in [0.1, 0.15) is 12.4 Å². The minimum absolute atomic E-state index is 0.0424. The summed E-state index contributed by atoms with van der Waals surface area (Å²) >= 11 is 0. The Labute approximate surface area is 65.0 Å². The highest BCUT2D eigenvalue weighted by Gasteiger charge is 1.94. The van der Waals surface area contributed by atoms with Crippen molar-refractivity contribution in [1.29, 1.82) is 0 Å². The van der Waals surface area contributed by atoms with Crippen molar-refractivity contribution in [3.63, 3.8) is 0 Å². The standard InChI is InChI=1S/C8H9O3/c9-4-7-10-6-3-8-2-1-5-11-8/h1-2,5H,3,6-7H2. The zero-order valence-corrected chi connectivity index (χ0v) is 6.08. The molecule has 0 saturated carbocycles. The van der Waals surface area contributed by atoms with Crippen LogP contribution in [0.25, 0.3) is 0 Å². The summed E-state index contributed by atoms with van der Waals surface area (Å²) < 4.78 is 9.91. The van der Waals surface area contributed by atoms with E-state index in [2.05, 4.69) is 0 Å². The van der Waals surface area contributed by atoms with Crippen LogP contribution in [0, 0.1) is 0 Å². The zero-order chi connectivity index (χ0) is 7.94. The fourth-order valence-electron chi connectivity index (χ4n) is 0.741. The van der Waals surface area contributed by atoms with Crippen LogP contribution in [0.2, 0.25) is 0 Å². The average molecular weight is 153 g/mol. The molecule has 0 aliphatic carbocycles. The first-order chi connectivity index (χ1) is 5.43. The SMILES string of the molecule is O=[C]COCCc1ccco1. The smallest absolute Gasteiger partial charge is 0.226 e. The first-order valence-electron chi connectivity index (χ1n) is 3.38. The maximum Gasteiger partial charge on any atom is 0.226 e. The molecule has 0 saturated heterocycles. The lowest BCUT2D eigenvalue weighted by molar-refractivity contribution is 0.168. The van der Waals surface area contributed by atoms with Crippen molar-refractivity contribution in [1.82, 2.24) is 0 Å². The number of ether oxygens (including phenoxy) is 1. The minimum atomic E-state index is 0.0424. The molecule has 0 bridgehead atoms. The van der Waals surface area contributed by atoms with Gasteiger partial charge in [-0.05, 0) is 12.1 Å². The van der Waals surface area contributed by atoms with E-state index in [0.29, 0.717) is 13.0 Å². The van der Waals surface area contributed by atoms with E-state index in [0.717, 1.165) is 5.76 Å². The van der Waals surface area contributed by atoms with Crippen molar-refractivity contribution in [2.75, 3.05) is 13.2 Å². The molecule has 3 nitrogen and oxygen atoms in total. The average Bonchev–Trinajstić information content (AvgIpc) is 2.50. The van der Waals surface area contributed by atoms with Gasteiger partial charge in [0.2, 0.25) is 6.29 Å². The van der Waals surface area contributed by atoms with E-state index < -0.39 is 0 Å². The van der Waals surface area contributed by atoms with Crippen LogP contribution in [-0.2, 0) is 16.0 Å². The van der Waals surface area contributed by atoms with Gasteiger partial charge in [-0.15, -0.1) is 0 Å². The predicted molar refractivity (Wildman–Crippen MR) is 38.9 cm³/mol. The van der Waals surface area contributed by atoms with Crippen molar-refractivity contribution in [3.05, 3.63) is 24.2 Å². The van der Waals surface area contributed by atoms with E-state index in [1.165, 1.54) is 0 Å². The molecule has 59 valence electrons. The van der Waals surface area contributed by atoms with Crippen LogP contribution in [0.5, 0.6) is 0 Å². The van der Waals surface area contributed by atoms with Crippen LogP contribution in [0.1, 0.15) is 5.76 Å². The van der Waals surface area contributed by atoms with Crippen LogP contribution >= 0.6 is 0 Å². The number of furan rings is 1. The first kappa shape index (κ1) is 8.01. The third-order valence-electron chi connectivity index (χ3n) is 1.23. The second-order valence-electron chi connectivity index (χ2n) is 2.03. The molecular weight excluding hydrogens is 144 g/mol. The van der Waals surface area contributed by atoms with Crippen molar-refractivity contribution in [2.24, 2.45) is 0 Å². The minimum Gasteiger partial charge on any atom is -0.469 e.